The maximum Gasteiger partial charge on any atom is 0.184 e. The molecule has 0 spiro atoms. The van der Waals surface area contributed by atoms with Crippen molar-refractivity contribution in [3.8, 4) is 11.5 Å². The van der Waals surface area contributed by atoms with Crippen molar-refractivity contribution in [1.29, 1.82) is 0 Å². The Labute approximate surface area is 118 Å². The molecule has 0 unspecified atom stereocenters. The van der Waals surface area contributed by atoms with Gasteiger partial charge in [0.25, 0.3) is 0 Å². The van der Waals surface area contributed by atoms with Gasteiger partial charge < -0.3 is 14.8 Å². The fourth-order valence-corrected chi connectivity index (χ4v) is 2.10. The van der Waals surface area contributed by atoms with Crippen LogP contribution in [0.3, 0.4) is 0 Å². The molecule has 108 valence electrons. The van der Waals surface area contributed by atoms with E-state index in [4.69, 9.17) is 9.47 Å². The van der Waals surface area contributed by atoms with Gasteiger partial charge in [0, 0.05) is 25.5 Å². The van der Waals surface area contributed by atoms with E-state index in [2.05, 4.69) is 22.3 Å². The lowest BCUT2D eigenvalue weighted by Gasteiger charge is -2.12. The first-order valence-electron chi connectivity index (χ1n) is 6.51. The smallest absolute Gasteiger partial charge is 0.184 e. The first-order chi connectivity index (χ1) is 9.69. The molecule has 20 heavy (non-hydrogen) atoms. The van der Waals surface area contributed by atoms with E-state index >= 15 is 0 Å². The van der Waals surface area contributed by atoms with Crippen molar-refractivity contribution in [2.75, 3.05) is 19.5 Å². The van der Waals surface area contributed by atoms with Crippen LogP contribution in [0.4, 0.5) is 5.69 Å². The summed E-state index contributed by atoms with van der Waals surface area (Å²) in [6.07, 6.45) is 4.56. The van der Waals surface area contributed by atoms with Crippen LogP contribution in [-0.2, 0) is 20.0 Å². The number of aromatic nitrogens is 3. The molecular formula is C14H20N4O2. The molecule has 2 rings (SSSR count). The second kappa shape index (κ2) is 6.27. The minimum atomic E-state index is 0.555. The summed E-state index contributed by atoms with van der Waals surface area (Å²) in [6, 6.07) is 1.78. The highest BCUT2D eigenvalue weighted by molar-refractivity contribution is 5.49. The summed E-state index contributed by atoms with van der Waals surface area (Å²) in [5, 5.41) is 7.74. The molecule has 0 aliphatic rings. The van der Waals surface area contributed by atoms with Crippen LogP contribution in [0.2, 0.25) is 0 Å². The number of pyridine rings is 1. The Balaban J connectivity index is 2.18. The van der Waals surface area contributed by atoms with Crippen LogP contribution in [0.25, 0.3) is 0 Å². The van der Waals surface area contributed by atoms with E-state index in [1.54, 1.807) is 31.2 Å². The summed E-state index contributed by atoms with van der Waals surface area (Å²) < 4.78 is 12.4. The highest BCUT2D eigenvalue weighted by Crippen LogP contribution is 2.29. The van der Waals surface area contributed by atoms with Gasteiger partial charge in [0.1, 0.15) is 5.69 Å². The standard InChI is InChI=1S/C14H20N4O2/c1-5-10-12(9-18(2)17-10)16-8-11-14(20-4)13(19-3)6-7-15-11/h6-7,9,16H,5,8H2,1-4H3. The van der Waals surface area contributed by atoms with E-state index in [1.807, 2.05) is 13.2 Å². The largest absolute Gasteiger partial charge is 0.493 e. The van der Waals surface area contributed by atoms with Crippen molar-refractivity contribution >= 4 is 5.69 Å². The Morgan fingerprint density at radius 2 is 2.05 bits per heavy atom. The number of methoxy groups -OCH3 is 2. The number of nitrogens with one attached hydrogen (secondary N) is 1. The predicted octanol–water partition coefficient (Wildman–Crippen LogP) is 2.01. The number of ether oxygens (including phenoxy) is 2. The molecule has 0 atom stereocenters. The van der Waals surface area contributed by atoms with Crippen molar-refractivity contribution in [1.82, 2.24) is 14.8 Å². The minimum absolute atomic E-state index is 0.555. The summed E-state index contributed by atoms with van der Waals surface area (Å²) in [4.78, 5) is 4.34. The number of anilines is 1. The van der Waals surface area contributed by atoms with E-state index < -0.39 is 0 Å². The second-order valence-electron chi connectivity index (χ2n) is 4.36. The zero-order chi connectivity index (χ0) is 14.5. The highest BCUT2D eigenvalue weighted by Gasteiger charge is 2.12. The summed E-state index contributed by atoms with van der Waals surface area (Å²) in [5.74, 6) is 1.34. The highest BCUT2D eigenvalue weighted by atomic mass is 16.5. The fourth-order valence-electron chi connectivity index (χ4n) is 2.10. The maximum absolute atomic E-state index is 5.37. The average Bonchev–Trinajstić information content (AvgIpc) is 2.84. The molecule has 0 saturated heterocycles. The van der Waals surface area contributed by atoms with Gasteiger partial charge in [0.2, 0.25) is 0 Å². The third kappa shape index (κ3) is 2.84. The normalized spacial score (nSPS) is 10.4. The number of hydrogen-bond donors (Lipinski definition) is 1. The quantitative estimate of drug-likeness (QED) is 0.874. The number of aryl methyl sites for hydroxylation is 2. The fraction of sp³-hybridized carbons (Fsp3) is 0.429. The summed E-state index contributed by atoms with van der Waals surface area (Å²) >= 11 is 0. The van der Waals surface area contributed by atoms with E-state index in [9.17, 15) is 0 Å². The lowest BCUT2D eigenvalue weighted by molar-refractivity contribution is 0.350. The van der Waals surface area contributed by atoms with Crippen LogP contribution < -0.4 is 14.8 Å². The molecule has 0 bridgehead atoms. The van der Waals surface area contributed by atoms with E-state index in [-0.39, 0.29) is 0 Å². The van der Waals surface area contributed by atoms with Gasteiger partial charge in [-0.3, -0.25) is 9.67 Å². The molecule has 0 amide bonds. The first kappa shape index (κ1) is 14.2. The van der Waals surface area contributed by atoms with E-state index in [1.165, 1.54) is 0 Å². The average molecular weight is 276 g/mol. The van der Waals surface area contributed by atoms with Gasteiger partial charge in [-0.1, -0.05) is 6.92 Å². The van der Waals surface area contributed by atoms with E-state index in [0.717, 1.165) is 23.5 Å². The molecule has 0 aliphatic heterocycles. The van der Waals surface area contributed by atoms with Gasteiger partial charge in [0.15, 0.2) is 11.5 Å². The Morgan fingerprint density at radius 1 is 1.25 bits per heavy atom. The molecular weight excluding hydrogens is 256 g/mol. The molecule has 0 aromatic carbocycles. The van der Waals surface area contributed by atoms with Gasteiger partial charge in [-0.25, -0.2) is 0 Å². The molecule has 0 radical (unpaired) electrons. The lowest BCUT2D eigenvalue weighted by Crippen LogP contribution is -2.06. The molecule has 6 heteroatoms. The zero-order valence-electron chi connectivity index (χ0n) is 12.3. The summed E-state index contributed by atoms with van der Waals surface area (Å²) in [7, 11) is 5.14. The topological polar surface area (TPSA) is 61.2 Å². The van der Waals surface area contributed by atoms with Gasteiger partial charge in [-0.2, -0.15) is 5.10 Å². The maximum atomic E-state index is 5.37. The molecule has 0 fully saturated rings. The molecule has 0 saturated carbocycles. The van der Waals surface area contributed by atoms with Gasteiger partial charge in [-0.15, -0.1) is 0 Å². The van der Waals surface area contributed by atoms with Crippen LogP contribution in [-0.4, -0.2) is 29.0 Å². The summed E-state index contributed by atoms with van der Waals surface area (Å²) in [6.45, 7) is 2.64. The Hall–Kier alpha value is -2.24. The lowest BCUT2D eigenvalue weighted by atomic mass is 10.2. The minimum Gasteiger partial charge on any atom is -0.493 e. The number of hydrogen-bond acceptors (Lipinski definition) is 5. The van der Waals surface area contributed by atoms with Gasteiger partial charge in [-0.05, 0) is 6.42 Å². The Kier molecular flexibility index (Phi) is 4.45. The third-order valence-electron chi connectivity index (χ3n) is 3.05. The molecule has 1 N–H and O–H groups in total. The van der Waals surface area contributed by atoms with Crippen molar-refractivity contribution in [2.45, 2.75) is 19.9 Å². The van der Waals surface area contributed by atoms with Crippen LogP contribution in [0.5, 0.6) is 11.5 Å². The van der Waals surface area contributed by atoms with Gasteiger partial charge >= 0.3 is 0 Å². The SMILES string of the molecule is CCc1nn(C)cc1NCc1nccc(OC)c1OC. The zero-order valence-corrected chi connectivity index (χ0v) is 12.3. The summed E-state index contributed by atoms with van der Waals surface area (Å²) in [5.41, 5.74) is 2.86. The third-order valence-corrected chi connectivity index (χ3v) is 3.05. The van der Waals surface area contributed by atoms with Crippen molar-refractivity contribution < 1.29 is 9.47 Å². The van der Waals surface area contributed by atoms with Crippen molar-refractivity contribution in [3.05, 3.63) is 29.8 Å². The molecule has 6 nitrogen and oxygen atoms in total. The monoisotopic (exact) mass is 276 g/mol. The van der Waals surface area contributed by atoms with Crippen LogP contribution in [0.15, 0.2) is 18.5 Å². The molecule has 2 aromatic rings. The molecule has 2 aromatic heterocycles. The molecule has 0 aliphatic carbocycles. The van der Waals surface area contributed by atoms with Crippen LogP contribution in [0.1, 0.15) is 18.3 Å². The first-order valence-corrected chi connectivity index (χ1v) is 6.51. The molecule has 2 heterocycles. The van der Waals surface area contributed by atoms with E-state index in [0.29, 0.717) is 18.0 Å². The van der Waals surface area contributed by atoms with Crippen LogP contribution in [0, 0.1) is 0 Å². The second-order valence-corrected chi connectivity index (χ2v) is 4.36. The van der Waals surface area contributed by atoms with Gasteiger partial charge in [0.05, 0.1) is 32.1 Å². The Bertz CT molecular complexity index is 581. The predicted molar refractivity (Wildman–Crippen MR) is 77.3 cm³/mol. The van der Waals surface area contributed by atoms with Crippen molar-refractivity contribution in [2.24, 2.45) is 7.05 Å². The number of nitrogens with zero attached hydrogens (tertiary/aromatic N) is 3. The van der Waals surface area contributed by atoms with Crippen molar-refractivity contribution in [3.63, 3.8) is 0 Å². The number of rotatable bonds is 6. The Morgan fingerprint density at radius 3 is 2.70 bits per heavy atom. The van der Waals surface area contributed by atoms with Crippen LogP contribution >= 0.6 is 0 Å².